The summed E-state index contributed by atoms with van der Waals surface area (Å²) in [5.41, 5.74) is 2.54. The topological polar surface area (TPSA) is 135 Å². The van der Waals surface area contributed by atoms with E-state index in [9.17, 15) is 5.11 Å². The molecule has 9 nitrogen and oxygen atoms in total. The van der Waals surface area contributed by atoms with Crippen molar-refractivity contribution in [3.8, 4) is 11.5 Å². The lowest BCUT2D eigenvalue weighted by atomic mass is 9.97. The fourth-order valence-corrected chi connectivity index (χ4v) is 2.99. The van der Waals surface area contributed by atoms with Gasteiger partial charge in [-0.15, -0.1) is 0 Å². The maximum atomic E-state index is 10.0. The summed E-state index contributed by atoms with van der Waals surface area (Å²) >= 11 is 0. The van der Waals surface area contributed by atoms with E-state index < -0.39 is 18.0 Å². The van der Waals surface area contributed by atoms with Gasteiger partial charge in [-0.1, -0.05) is 17.7 Å². The molecular weight excluding hydrogens is 406 g/mol. The van der Waals surface area contributed by atoms with Crippen LogP contribution in [0.4, 0.5) is 0 Å². The highest BCUT2D eigenvalue weighted by Gasteiger charge is 2.08. The molecule has 0 saturated carbocycles. The molecule has 1 aromatic rings. The van der Waals surface area contributed by atoms with Gasteiger partial charge in [0.05, 0.1) is 33.5 Å². The number of carboxylic acid groups (broad SMARTS) is 2. The zero-order valence-electron chi connectivity index (χ0n) is 18.1. The van der Waals surface area contributed by atoms with Crippen molar-refractivity contribution in [1.29, 1.82) is 0 Å². The predicted octanol–water partition coefficient (Wildman–Crippen LogP) is 2.22. The number of aliphatic carboxylic acids is 2. The highest BCUT2D eigenvalue weighted by molar-refractivity contribution is 6.27. The highest BCUT2D eigenvalue weighted by atomic mass is 16.5. The minimum absolute atomic E-state index is 0.310. The number of benzene rings is 1. The number of ether oxygens (including phenoxy) is 3. The second-order valence-corrected chi connectivity index (χ2v) is 7.03. The van der Waals surface area contributed by atoms with Gasteiger partial charge in [0, 0.05) is 6.54 Å². The van der Waals surface area contributed by atoms with Crippen molar-refractivity contribution in [2.45, 2.75) is 44.8 Å². The Hall–Kier alpha value is -2.62. The van der Waals surface area contributed by atoms with Crippen molar-refractivity contribution in [2.75, 3.05) is 33.9 Å². The Morgan fingerprint density at radius 2 is 1.81 bits per heavy atom. The molecule has 0 spiro atoms. The predicted molar refractivity (Wildman–Crippen MR) is 115 cm³/mol. The van der Waals surface area contributed by atoms with Crippen molar-refractivity contribution in [3.05, 3.63) is 35.4 Å². The monoisotopic (exact) mass is 439 g/mol. The molecule has 1 unspecified atom stereocenters. The number of allylic oxidation sites excluding steroid dienone is 1. The van der Waals surface area contributed by atoms with Gasteiger partial charge in [0.1, 0.15) is 0 Å². The highest BCUT2D eigenvalue weighted by Crippen LogP contribution is 2.27. The van der Waals surface area contributed by atoms with Gasteiger partial charge >= 0.3 is 11.9 Å². The molecule has 0 heterocycles. The Morgan fingerprint density at radius 1 is 1.10 bits per heavy atom. The van der Waals surface area contributed by atoms with Gasteiger partial charge in [0.25, 0.3) is 0 Å². The Balaban J connectivity index is 0.000000703. The quantitative estimate of drug-likeness (QED) is 0.232. The number of hydrogen-bond donors (Lipinski definition) is 4. The fraction of sp³-hybridized carbons (Fsp3) is 0.545. The lowest BCUT2D eigenvalue weighted by Gasteiger charge is -2.15. The molecule has 0 aliphatic heterocycles. The third-order valence-corrected chi connectivity index (χ3v) is 4.60. The van der Waals surface area contributed by atoms with E-state index in [1.54, 1.807) is 19.8 Å². The summed E-state index contributed by atoms with van der Waals surface area (Å²) in [4.78, 5) is 18.2. The second-order valence-electron chi connectivity index (χ2n) is 7.03. The number of carboxylic acids is 2. The lowest BCUT2D eigenvalue weighted by Crippen LogP contribution is -2.31. The number of methoxy groups -OCH3 is 2. The largest absolute Gasteiger partial charge is 0.493 e. The van der Waals surface area contributed by atoms with Crippen LogP contribution >= 0.6 is 0 Å². The number of aliphatic hydroxyl groups is 1. The minimum atomic E-state index is -1.82. The Morgan fingerprint density at radius 3 is 2.39 bits per heavy atom. The first-order valence-corrected chi connectivity index (χ1v) is 10.2. The Labute approximate surface area is 182 Å². The third kappa shape index (κ3) is 11.4. The molecule has 0 saturated heterocycles. The molecule has 174 valence electrons. The van der Waals surface area contributed by atoms with Crippen LogP contribution in [0.3, 0.4) is 0 Å². The van der Waals surface area contributed by atoms with Crippen LogP contribution in [-0.2, 0) is 20.9 Å². The summed E-state index contributed by atoms with van der Waals surface area (Å²) in [6.45, 7) is 2.21. The van der Waals surface area contributed by atoms with Gasteiger partial charge in [-0.05, 0) is 56.3 Å². The van der Waals surface area contributed by atoms with Gasteiger partial charge in [-0.3, -0.25) is 0 Å². The van der Waals surface area contributed by atoms with Crippen molar-refractivity contribution in [3.63, 3.8) is 0 Å². The van der Waals surface area contributed by atoms with Crippen LogP contribution < -0.4 is 14.8 Å². The summed E-state index contributed by atoms with van der Waals surface area (Å²) in [6.07, 6.45) is 8.06. The van der Waals surface area contributed by atoms with E-state index in [2.05, 4.69) is 11.4 Å². The number of carbonyl (C=O) groups is 2. The van der Waals surface area contributed by atoms with Crippen LogP contribution in [0.5, 0.6) is 11.5 Å². The van der Waals surface area contributed by atoms with Gasteiger partial charge in [-0.2, -0.15) is 0 Å². The van der Waals surface area contributed by atoms with E-state index in [0.717, 1.165) is 18.5 Å². The van der Waals surface area contributed by atoms with E-state index in [1.807, 2.05) is 18.2 Å². The zero-order valence-corrected chi connectivity index (χ0v) is 18.1. The standard InChI is InChI=1S/C20H31NO4.C2H2O4/c1-23-19-9-8-17(12-20(19)24-2)14-25-15-18(22)13-21-11-10-16-6-4-3-5-7-16;3-1(4)2(5)6/h6,8-9,12,18,21-22H,3-5,7,10-11,13-15H2,1-2H3;(H,3,4)(H,5,6). The van der Waals surface area contributed by atoms with Crippen LogP contribution in [0.25, 0.3) is 0 Å². The Kier molecular flexibility index (Phi) is 13.0. The number of aliphatic hydroxyl groups excluding tert-OH is 1. The summed E-state index contributed by atoms with van der Waals surface area (Å²) in [6, 6.07) is 5.68. The van der Waals surface area contributed by atoms with Crippen LogP contribution in [-0.4, -0.2) is 67.3 Å². The van der Waals surface area contributed by atoms with Crippen LogP contribution in [0.2, 0.25) is 0 Å². The minimum Gasteiger partial charge on any atom is -0.493 e. The SMILES string of the molecule is COc1ccc(COCC(O)CNCCC2=CCCCC2)cc1OC.O=C(O)C(=O)O. The van der Waals surface area contributed by atoms with Crippen LogP contribution in [0.1, 0.15) is 37.7 Å². The van der Waals surface area contributed by atoms with E-state index >= 15 is 0 Å². The molecule has 1 atom stereocenters. The van der Waals surface area contributed by atoms with E-state index in [0.29, 0.717) is 31.3 Å². The summed E-state index contributed by atoms with van der Waals surface area (Å²) in [7, 11) is 3.23. The smallest absolute Gasteiger partial charge is 0.414 e. The molecule has 0 bridgehead atoms. The normalized spacial score (nSPS) is 14.0. The molecule has 0 aromatic heterocycles. The average molecular weight is 440 g/mol. The molecule has 0 fully saturated rings. The van der Waals surface area contributed by atoms with Crippen molar-refractivity contribution >= 4 is 11.9 Å². The van der Waals surface area contributed by atoms with E-state index in [-0.39, 0.29) is 0 Å². The van der Waals surface area contributed by atoms with Crippen LogP contribution in [0, 0.1) is 0 Å². The van der Waals surface area contributed by atoms with E-state index in [4.69, 9.17) is 34.0 Å². The van der Waals surface area contributed by atoms with Crippen LogP contribution in [0.15, 0.2) is 29.8 Å². The maximum absolute atomic E-state index is 10.0. The third-order valence-electron chi connectivity index (χ3n) is 4.60. The first kappa shape index (κ1) is 26.4. The Bertz CT molecular complexity index is 707. The summed E-state index contributed by atoms with van der Waals surface area (Å²) < 4.78 is 16.1. The number of rotatable bonds is 11. The molecule has 9 heteroatoms. The van der Waals surface area contributed by atoms with Crippen molar-refractivity contribution in [2.24, 2.45) is 0 Å². The zero-order chi connectivity index (χ0) is 23.1. The first-order chi connectivity index (χ1) is 14.9. The molecule has 1 aromatic carbocycles. The maximum Gasteiger partial charge on any atom is 0.414 e. The summed E-state index contributed by atoms with van der Waals surface area (Å²) in [5.74, 6) is -2.27. The van der Waals surface area contributed by atoms with Gasteiger partial charge in [-0.25, -0.2) is 9.59 Å². The fourth-order valence-electron chi connectivity index (χ4n) is 2.99. The molecule has 4 N–H and O–H groups in total. The summed E-state index contributed by atoms with van der Waals surface area (Å²) in [5, 5.41) is 28.1. The number of hydrogen-bond acceptors (Lipinski definition) is 7. The van der Waals surface area contributed by atoms with Crippen molar-refractivity contribution in [1.82, 2.24) is 5.32 Å². The van der Waals surface area contributed by atoms with Gasteiger partial charge < -0.3 is 34.8 Å². The molecule has 0 amide bonds. The van der Waals surface area contributed by atoms with Crippen molar-refractivity contribution < 1.29 is 39.1 Å². The van der Waals surface area contributed by atoms with E-state index in [1.165, 1.54) is 25.7 Å². The number of nitrogens with one attached hydrogen (secondary N) is 1. The first-order valence-electron chi connectivity index (χ1n) is 10.2. The molecular formula is C22H33NO8. The molecule has 0 radical (unpaired) electrons. The molecule has 1 aliphatic carbocycles. The second kappa shape index (κ2) is 15.2. The molecule has 1 aliphatic rings. The average Bonchev–Trinajstić information content (AvgIpc) is 2.77. The molecule has 31 heavy (non-hydrogen) atoms. The van der Waals surface area contributed by atoms with Gasteiger partial charge in [0.2, 0.25) is 0 Å². The molecule has 2 rings (SSSR count). The lowest BCUT2D eigenvalue weighted by molar-refractivity contribution is -0.159. The van der Waals surface area contributed by atoms with Gasteiger partial charge in [0.15, 0.2) is 11.5 Å².